The van der Waals surface area contributed by atoms with E-state index < -0.39 is 0 Å². The second-order valence-corrected chi connectivity index (χ2v) is 13.1. The highest BCUT2D eigenvalue weighted by Crippen LogP contribution is 2.67. The van der Waals surface area contributed by atoms with Crippen molar-refractivity contribution >= 4 is 0 Å². The van der Waals surface area contributed by atoms with Gasteiger partial charge in [-0.25, -0.2) is 0 Å². The maximum Gasteiger partial charge on any atom is -0.00851 e. The fourth-order valence-electron chi connectivity index (χ4n) is 9.00. The number of hydrogen-bond acceptors (Lipinski definition) is 0. The largest absolute Gasteiger partial charge is 0.0845 e. The minimum Gasteiger partial charge on any atom is -0.0845 e. The molecule has 0 saturated heterocycles. The van der Waals surface area contributed by atoms with Crippen LogP contribution < -0.4 is 0 Å². The molecule has 3 fully saturated rings. The van der Waals surface area contributed by atoms with Gasteiger partial charge >= 0.3 is 0 Å². The lowest BCUT2D eigenvalue weighted by molar-refractivity contribution is -0.0558. The van der Waals surface area contributed by atoms with Crippen molar-refractivity contribution in [3.05, 3.63) is 11.6 Å². The number of hydrogen-bond donors (Lipinski definition) is 0. The van der Waals surface area contributed by atoms with E-state index in [1.807, 2.05) is 5.57 Å². The summed E-state index contributed by atoms with van der Waals surface area (Å²) in [4.78, 5) is 0. The van der Waals surface area contributed by atoms with E-state index in [-0.39, 0.29) is 0 Å². The monoisotopic (exact) mass is 398 g/mol. The third-order valence-electron chi connectivity index (χ3n) is 11.2. The second-order valence-electron chi connectivity index (χ2n) is 13.1. The van der Waals surface area contributed by atoms with Gasteiger partial charge in [0.05, 0.1) is 0 Å². The third kappa shape index (κ3) is 3.67. The standard InChI is InChI=1S/C29H50/c1-19(2)8-9-21(4)22(5)25-12-13-26-24-11-10-23-18-20(3)14-16-28(23,6)27(24)15-17-29(25,26)7/h10,19-22,24-27H,8-9,11-18H2,1-7H3/t20?,21-,22?,24?,25?,26?,27?,28?,29?/m0/s1. The van der Waals surface area contributed by atoms with Gasteiger partial charge in [0, 0.05) is 0 Å². The predicted octanol–water partition coefficient (Wildman–Crippen LogP) is 8.91. The maximum absolute atomic E-state index is 2.75. The van der Waals surface area contributed by atoms with Crippen molar-refractivity contribution < 1.29 is 0 Å². The Morgan fingerprint density at radius 1 is 0.931 bits per heavy atom. The van der Waals surface area contributed by atoms with Gasteiger partial charge in [0.25, 0.3) is 0 Å². The summed E-state index contributed by atoms with van der Waals surface area (Å²) in [6, 6.07) is 0. The van der Waals surface area contributed by atoms with E-state index in [1.54, 1.807) is 0 Å². The summed E-state index contributed by atoms with van der Waals surface area (Å²) in [5.41, 5.74) is 3.03. The fraction of sp³-hybridized carbons (Fsp3) is 0.931. The van der Waals surface area contributed by atoms with Crippen molar-refractivity contribution in [1.82, 2.24) is 0 Å². The SMILES string of the molecule is CC(C)CC[C@H](C)C(C)C1CCC2C3CC=C4CC(C)CCC4(C)C3CCC21C. The van der Waals surface area contributed by atoms with Crippen molar-refractivity contribution in [3.8, 4) is 0 Å². The van der Waals surface area contributed by atoms with Crippen LogP contribution in [-0.4, -0.2) is 0 Å². The molecule has 4 aliphatic carbocycles. The van der Waals surface area contributed by atoms with Gasteiger partial charge in [-0.2, -0.15) is 0 Å². The molecule has 166 valence electrons. The Balaban J connectivity index is 1.51. The average molecular weight is 399 g/mol. The molecule has 4 aliphatic rings. The molecule has 0 spiro atoms. The van der Waals surface area contributed by atoms with Crippen molar-refractivity contribution in [2.75, 3.05) is 0 Å². The minimum absolute atomic E-state index is 0.547. The van der Waals surface area contributed by atoms with Gasteiger partial charge in [-0.3, -0.25) is 0 Å². The van der Waals surface area contributed by atoms with Crippen LogP contribution >= 0.6 is 0 Å². The summed E-state index contributed by atoms with van der Waals surface area (Å²) >= 11 is 0. The molecule has 4 rings (SSSR count). The Hall–Kier alpha value is -0.260. The molecular formula is C29H50. The molecule has 0 heteroatoms. The first-order chi connectivity index (χ1) is 13.7. The van der Waals surface area contributed by atoms with Crippen molar-refractivity contribution in [1.29, 1.82) is 0 Å². The van der Waals surface area contributed by atoms with E-state index in [1.165, 1.54) is 64.2 Å². The van der Waals surface area contributed by atoms with Crippen molar-refractivity contribution in [2.45, 2.75) is 113 Å². The zero-order chi connectivity index (χ0) is 21.0. The van der Waals surface area contributed by atoms with E-state index in [9.17, 15) is 0 Å². The predicted molar refractivity (Wildman–Crippen MR) is 127 cm³/mol. The Bertz CT molecular complexity index is 614. The van der Waals surface area contributed by atoms with Gasteiger partial charge in [-0.05, 0) is 110 Å². The molecule has 29 heavy (non-hydrogen) atoms. The van der Waals surface area contributed by atoms with Gasteiger partial charge in [-0.15, -0.1) is 0 Å². The number of fused-ring (bicyclic) bond motifs is 5. The van der Waals surface area contributed by atoms with Crippen molar-refractivity contribution in [2.24, 2.45) is 58.2 Å². The third-order valence-corrected chi connectivity index (χ3v) is 11.2. The molecule has 9 atom stereocenters. The summed E-state index contributed by atoms with van der Waals surface area (Å²) in [5, 5.41) is 0. The zero-order valence-corrected chi connectivity index (χ0v) is 20.8. The Kier molecular flexibility index (Phi) is 6.07. The van der Waals surface area contributed by atoms with Gasteiger partial charge < -0.3 is 0 Å². The summed E-state index contributed by atoms with van der Waals surface area (Å²) in [6.07, 6.45) is 17.4. The highest BCUT2D eigenvalue weighted by molar-refractivity contribution is 5.25. The molecule has 0 aromatic carbocycles. The van der Waals surface area contributed by atoms with Crippen LogP contribution in [0.25, 0.3) is 0 Å². The first kappa shape index (κ1) is 22.0. The molecule has 0 bridgehead atoms. The molecule has 0 nitrogen and oxygen atoms in total. The first-order valence-corrected chi connectivity index (χ1v) is 13.4. The van der Waals surface area contributed by atoms with Crippen LogP contribution in [0.1, 0.15) is 113 Å². The Labute approximate surface area is 182 Å². The van der Waals surface area contributed by atoms with Crippen LogP contribution in [0.3, 0.4) is 0 Å². The van der Waals surface area contributed by atoms with Crippen LogP contribution in [0, 0.1) is 58.2 Å². The Morgan fingerprint density at radius 3 is 2.41 bits per heavy atom. The molecule has 0 aromatic heterocycles. The van der Waals surface area contributed by atoms with Crippen LogP contribution in [0.2, 0.25) is 0 Å². The van der Waals surface area contributed by atoms with Crippen LogP contribution in [0.15, 0.2) is 11.6 Å². The van der Waals surface area contributed by atoms with Gasteiger partial charge in [0.2, 0.25) is 0 Å². The molecule has 0 aliphatic heterocycles. The lowest BCUT2D eigenvalue weighted by Crippen LogP contribution is -2.50. The second kappa shape index (κ2) is 8.02. The smallest absolute Gasteiger partial charge is 0.00851 e. The lowest BCUT2D eigenvalue weighted by atomic mass is 9.46. The molecule has 8 unspecified atom stereocenters. The highest BCUT2D eigenvalue weighted by Gasteiger charge is 2.59. The van der Waals surface area contributed by atoms with Gasteiger partial charge in [-0.1, -0.05) is 73.0 Å². The van der Waals surface area contributed by atoms with E-state index in [0.29, 0.717) is 10.8 Å². The van der Waals surface area contributed by atoms with Crippen LogP contribution in [0.4, 0.5) is 0 Å². The molecule has 0 N–H and O–H groups in total. The molecule has 0 aromatic rings. The van der Waals surface area contributed by atoms with E-state index >= 15 is 0 Å². The number of rotatable bonds is 5. The molecule has 0 radical (unpaired) electrons. The van der Waals surface area contributed by atoms with Crippen LogP contribution in [0.5, 0.6) is 0 Å². The van der Waals surface area contributed by atoms with Crippen LogP contribution in [-0.2, 0) is 0 Å². The maximum atomic E-state index is 2.75. The zero-order valence-electron chi connectivity index (χ0n) is 20.8. The topological polar surface area (TPSA) is 0 Å². The fourth-order valence-corrected chi connectivity index (χ4v) is 9.00. The van der Waals surface area contributed by atoms with E-state index in [0.717, 1.165) is 47.3 Å². The lowest BCUT2D eigenvalue weighted by Gasteiger charge is -2.58. The molecular weight excluding hydrogens is 348 g/mol. The summed E-state index contributed by atoms with van der Waals surface area (Å²) in [6.45, 7) is 17.9. The Morgan fingerprint density at radius 2 is 1.69 bits per heavy atom. The van der Waals surface area contributed by atoms with E-state index in [2.05, 4.69) is 54.5 Å². The number of allylic oxidation sites excluding steroid dienone is 2. The quantitative estimate of drug-likeness (QED) is 0.405. The molecule has 0 amide bonds. The summed E-state index contributed by atoms with van der Waals surface area (Å²) < 4.78 is 0. The summed E-state index contributed by atoms with van der Waals surface area (Å²) in [5.74, 6) is 7.52. The first-order valence-electron chi connectivity index (χ1n) is 13.4. The molecule has 0 heterocycles. The van der Waals surface area contributed by atoms with Gasteiger partial charge in [0.15, 0.2) is 0 Å². The summed E-state index contributed by atoms with van der Waals surface area (Å²) in [7, 11) is 0. The normalized spacial score (nSPS) is 46.5. The van der Waals surface area contributed by atoms with Crippen molar-refractivity contribution in [3.63, 3.8) is 0 Å². The van der Waals surface area contributed by atoms with E-state index in [4.69, 9.17) is 0 Å². The minimum atomic E-state index is 0.547. The average Bonchev–Trinajstić information content (AvgIpc) is 3.03. The molecule has 3 saturated carbocycles. The van der Waals surface area contributed by atoms with Gasteiger partial charge in [0.1, 0.15) is 0 Å². The highest BCUT2D eigenvalue weighted by atomic mass is 14.6.